The standard InChI is InChI=1S/C64H39B6NO/c65-63(66,67)62(64(68,69)70)55-27-12-8-22-49(55)51-37-35-45(39-57(51)62)71(58-28-13-9-20-46(58)40-16-3-1-4-17-40)44-34-36-50-48-21-7-11-26-54(48)61(56(50)38-44,42-18-5-2-6-19-42)43-32-30-41(31-33-43)47-24-15-25-53-52-23-10-14-29-59(52)72-60(47)53/h1-39H. The van der Waals surface area contributed by atoms with E-state index in [-0.39, 0.29) is 0 Å². The minimum Gasteiger partial charge on any atom is -0.455 e. The predicted molar refractivity (Wildman–Crippen MR) is 303 cm³/mol. The van der Waals surface area contributed by atoms with Crippen molar-refractivity contribution in [3.05, 3.63) is 270 Å². The summed E-state index contributed by atoms with van der Waals surface area (Å²) in [5.41, 5.74) is 16.2. The number of hydrogen-bond donors (Lipinski definition) is 0. The van der Waals surface area contributed by atoms with Gasteiger partial charge in [0.15, 0.2) is 0 Å². The predicted octanol–water partition coefficient (Wildman–Crippen LogP) is 14.2. The van der Waals surface area contributed by atoms with Crippen LogP contribution in [0.2, 0.25) is 10.2 Å². The fourth-order valence-corrected chi connectivity index (χ4v) is 12.4. The summed E-state index contributed by atoms with van der Waals surface area (Å²) in [6.07, 6.45) is 0. The molecule has 0 bridgehead atoms. The smallest absolute Gasteiger partial charge is 0.143 e. The molecule has 2 aliphatic rings. The van der Waals surface area contributed by atoms with E-state index in [9.17, 15) is 0 Å². The zero-order chi connectivity index (χ0) is 49.0. The Hall–Kier alpha value is -7.81. The lowest BCUT2D eigenvalue weighted by atomic mass is 9.18. The highest BCUT2D eigenvalue weighted by atomic mass is 16.3. The first-order chi connectivity index (χ1) is 35.0. The van der Waals surface area contributed by atoms with E-state index in [0.717, 1.165) is 94.6 Å². The number of benzene rings is 10. The maximum absolute atomic E-state index is 6.86. The number of fused-ring (bicyclic) bond motifs is 9. The van der Waals surface area contributed by atoms with Crippen LogP contribution in [0, 0.1) is 0 Å². The highest BCUT2D eigenvalue weighted by molar-refractivity contribution is 6.66. The fourth-order valence-electron chi connectivity index (χ4n) is 12.4. The Bertz CT molecular complexity index is 3900. The third-order valence-electron chi connectivity index (χ3n) is 15.3. The normalized spacial score (nSPS) is 15.4. The second-order valence-electron chi connectivity index (χ2n) is 19.4. The SMILES string of the molecule is [B]C([B])([B])C1(C([B])([B])[B])c2ccccc2-c2ccc(N(c3ccc4c(c3)C(c3ccccc3)(c3ccc(-c5cccc6c5oc5ccccc56)cc3)c3ccccc3-4)c3ccccc3-c3ccccc3)cc21. The van der Waals surface area contributed by atoms with Gasteiger partial charge >= 0.3 is 0 Å². The third kappa shape index (κ3) is 6.30. The average Bonchev–Trinajstić information content (AvgIpc) is 4.04. The summed E-state index contributed by atoms with van der Waals surface area (Å²) in [4.78, 5) is 2.29. The topological polar surface area (TPSA) is 16.4 Å². The van der Waals surface area contributed by atoms with Gasteiger partial charge in [-0.1, -0.05) is 200 Å². The molecule has 72 heavy (non-hydrogen) atoms. The maximum atomic E-state index is 6.86. The van der Waals surface area contributed by atoms with E-state index in [1.165, 1.54) is 11.1 Å². The van der Waals surface area contributed by atoms with Crippen LogP contribution in [0.1, 0.15) is 33.4 Å². The van der Waals surface area contributed by atoms with Crippen LogP contribution < -0.4 is 4.90 Å². The molecule has 0 saturated carbocycles. The molecule has 0 fully saturated rings. The molecule has 0 amide bonds. The summed E-state index contributed by atoms with van der Waals surface area (Å²) < 4.78 is 6.54. The molecule has 1 aromatic heterocycles. The van der Waals surface area contributed by atoms with E-state index >= 15 is 0 Å². The van der Waals surface area contributed by atoms with Crippen molar-refractivity contribution in [1.29, 1.82) is 0 Å². The highest BCUT2D eigenvalue weighted by Crippen LogP contribution is 2.66. The van der Waals surface area contributed by atoms with E-state index in [0.29, 0.717) is 11.1 Å². The molecule has 0 saturated heterocycles. The van der Waals surface area contributed by atoms with Gasteiger partial charge in [-0.2, -0.15) is 0 Å². The van der Waals surface area contributed by atoms with Gasteiger partial charge in [0.2, 0.25) is 0 Å². The zero-order valence-corrected chi connectivity index (χ0v) is 39.3. The first-order valence-electron chi connectivity index (χ1n) is 24.2. The van der Waals surface area contributed by atoms with E-state index in [2.05, 4.69) is 199 Å². The van der Waals surface area contributed by atoms with Crippen molar-refractivity contribution < 1.29 is 4.42 Å². The lowest BCUT2D eigenvalue weighted by Gasteiger charge is -2.56. The molecule has 0 N–H and O–H groups in total. The lowest BCUT2D eigenvalue weighted by Crippen LogP contribution is -2.52. The van der Waals surface area contributed by atoms with Gasteiger partial charge in [-0.05, 0) is 109 Å². The molecule has 10 aromatic carbocycles. The van der Waals surface area contributed by atoms with Crippen molar-refractivity contribution in [3.8, 4) is 44.5 Å². The molecular weight excluding hydrogens is 864 g/mol. The molecular formula is C64H39B6NO. The summed E-state index contributed by atoms with van der Waals surface area (Å²) >= 11 is 0. The molecule has 8 heteroatoms. The monoisotopic (exact) mass is 903 g/mol. The first-order valence-corrected chi connectivity index (χ1v) is 24.2. The molecule has 1 unspecified atom stereocenters. The van der Waals surface area contributed by atoms with Crippen LogP contribution in [-0.2, 0) is 10.8 Å². The minimum absolute atomic E-state index is 0.633. The lowest BCUT2D eigenvalue weighted by molar-refractivity contribution is 0.533. The van der Waals surface area contributed by atoms with Gasteiger partial charge in [0.25, 0.3) is 0 Å². The van der Waals surface area contributed by atoms with Crippen LogP contribution in [0.5, 0.6) is 0 Å². The van der Waals surface area contributed by atoms with E-state index in [4.69, 9.17) is 51.5 Å². The number of nitrogens with zero attached hydrogens (tertiary/aromatic N) is 1. The summed E-state index contributed by atoms with van der Waals surface area (Å²) in [5, 5.41) is -1.77. The average molecular weight is 903 g/mol. The van der Waals surface area contributed by atoms with Crippen LogP contribution in [-0.4, -0.2) is 47.1 Å². The largest absolute Gasteiger partial charge is 0.455 e. The Balaban J connectivity index is 1.06. The van der Waals surface area contributed by atoms with Crippen LogP contribution in [0.25, 0.3) is 66.4 Å². The molecule has 1 heterocycles. The quantitative estimate of drug-likeness (QED) is 0.134. The van der Waals surface area contributed by atoms with Crippen molar-refractivity contribution in [3.63, 3.8) is 0 Å². The molecule has 0 spiro atoms. The van der Waals surface area contributed by atoms with Gasteiger partial charge < -0.3 is 9.32 Å². The summed E-state index contributed by atoms with van der Waals surface area (Å²) in [7, 11) is 41.2. The van der Waals surface area contributed by atoms with Gasteiger partial charge in [0.1, 0.15) is 11.2 Å². The maximum Gasteiger partial charge on any atom is 0.143 e. The van der Waals surface area contributed by atoms with E-state index < -0.39 is 21.1 Å². The van der Waals surface area contributed by atoms with Crippen molar-refractivity contribution in [2.75, 3.05) is 4.90 Å². The number of para-hydroxylation sites is 3. The summed E-state index contributed by atoms with van der Waals surface area (Å²) in [6.45, 7) is 0. The first kappa shape index (κ1) is 44.2. The van der Waals surface area contributed by atoms with Crippen molar-refractivity contribution >= 4 is 86.1 Å². The van der Waals surface area contributed by atoms with Crippen LogP contribution in [0.3, 0.4) is 0 Å². The summed E-state index contributed by atoms with van der Waals surface area (Å²) in [6, 6.07) is 83.1. The Morgan fingerprint density at radius 1 is 0.347 bits per heavy atom. The summed E-state index contributed by atoms with van der Waals surface area (Å²) in [5.74, 6) is 0. The number of rotatable bonds is 9. The Morgan fingerprint density at radius 2 is 0.833 bits per heavy atom. The zero-order valence-electron chi connectivity index (χ0n) is 39.3. The van der Waals surface area contributed by atoms with Crippen LogP contribution in [0.15, 0.2) is 241 Å². The van der Waals surface area contributed by atoms with Gasteiger partial charge in [0.05, 0.1) is 58.2 Å². The molecule has 2 nitrogen and oxygen atoms in total. The Kier molecular flexibility index (Phi) is 10.0. The molecule has 0 aliphatic heterocycles. The van der Waals surface area contributed by atoms with E-state index in [1.807, 2.05) is 42.5 Å². The number of furan rings is 1. The van der Waals surface area contributed by atoms with Gasteiger partial charge in [-0.3, -0.25) is 0 Å². The van der Waals surface area contributed by atoms with Gasteiger partial charge in [-0.15, -0.1) is 10.2 Å². The van der Waals surface area contributed by atoms with Gasteiger partial charge in [0, 0.05) is 33.3 Å². The molecule has 12 radical (unpaired) electrons. The van der Waals surface area contributed by atoms with Crippen LogP contribution >= 0.6 is 0 Å². The molecule has 13 rings (SSSR count). The molecule has 324 valence electrons. The van der Waals surface area contributed by atoms with Crippen molar-refractivity contribution in [2.45, 2.75) is 21.1 Å². The molecule has 2 aliphatic carbocycles. The van der Waals surface area contributed by atoms with Crippen LogP contribution in [0.4, 0.5) is 17.1 Å². The van der Waals surface area contributed by atoms with Crippen molar-refractivity contribution in [2.24, 2.45) is 0 Å². The van der Waals surface area contributed by atoms with Gasteiger partial charge in [-0.25, -0.2) is 0 Å². The Labute approximate surface area is 428 Å². The minimum atomic E-state index is -1.99. The second kappa shape index (κ2) is 16.4. The Morgan fingerprint density at radius 3 is 1.53 bits per heavy atom. The van der Waals surface area contributed by atoms with Crippen molar-refractivity contribution in [1.82, 2.24) is 0 Å². The second-order valence-corrected chi connectivity index (χ2v) is 19.4. The highest BCUT2D eigenvalue weighted by Gasteiger charge is 2.55. The fraction of sp³-hybridized carbons (Fsp3) is 0.0625. The number of hydrogen-bond acceptors (Lipinski definition) is 2. The third-order valence-corrected chi connectivity index (χ3v) is 15.3. The molecule has 1 atom stereocenters. The number of anilines is 3. The van der Waals surface area contributed by atoms with E-state index in [1.54, 1.807) is 0 Å². The molecule has 11 aromatic rings.